The highest BCUT2D eigenvalue weighted by Gasteiger charge is 2.35. The summed E-state index contributed by atoms with van der Waals surface area (Å²) in [6.07, 6.45) is 3.19. The Bertz CT molecular complexity index is 378. The number of hydrogen-bond acceptors (Lipinski definition) is 3. The summed E-state index contributed by atoms with van der Waals surface area (Å²) in [6, 6.07) is -0.395. The first kappa shape index (κ1) is 17.8. The van der Waals surface area contributed by atoms with Gasteiger partial charge in [-0.15, -0.1) is 0 Å². The summed E-state index contributed by atoms with van der Waals surface area (Å²) in [5.74, 6) is -0.995. The number of carboxylic acids is 1. The molecule has 1 saturated heterocycles. The smallest absolute Gasteiger partial charge is 0.329 e. The van der Waals surface area contributed by atoms with Gasteiger partial charge in [-0.25, -0.2) is 9.59 Å². The van der Waals surface area contributed by atoms with Gasteiger partial charge in [-0.2, -0.15) is 0 Å². The van der Waals surface area contributed by atoms with E-state index in [0.29, 0.717) is 19.4 Å². The van der Waals surface area contributed by atoms with Gasteiger partial charge in [0.25, 0.3) is 0 Å². The van der Waals surface area contributed by atoms with E-state index in [4.69, 9.17) is 0 Å². The number of nitrogens with one attached hydrogen (secondary N) is 2. The molecule has 0 radical (unpaired) electrons. The van der Waals surface area contributed by atoms with E-state index >= 15 is 0 Å². The lowest BCUT2D eigenvalue weighted by Crippen LogP contribution is -2.56. The van der Waals surface area contributed by atoms with Crippen molar-refractivity contribution in [3.05, 3.63) is 0 Å². The molecule has 1 atom stereocenters. The van der Waals surface area contributed by atoms with Crippen molar-refractivity contribution >= 4 is 12.0 Å². The average Bonchev–Trinajstić information content (AvgIpc) is 2.40. The topological polar surface area (TPSA) is 81.7 Å². The number of carbonyl (C=O) groups excluding carboxylic acids is 1. The number of likely N-dealkylation sites (tertiary alicyclic amines) is 1. The minimum Gasteiger partial charge on any atom is -0.480 e. The zero-order valence-electron chi connectivity index (χ0n) is 13.7. The first-order valence-electron chi connectivity index (χ1n) is 7.69. The Kier molecular flexibility index (Phi) is 6.01. The van der Waals surface area contributed by atoms with Crippen LogP contribution < -0.4 is 10.6 Å². The van der Waals surface area contributed by atoms with E-state index in [0.717, 1.165) is 25.9 Å². The predicted molar refractivity (Wildman–Crippen MR) is 82.3 cm³/mol. The third-order valence-corrected chi connectivity index (χ3v) is 4.48. The molecule has 1 rings (SSSR count). The van der Waals surface area contributed by atoms with Gasteiger partial charge in [-0.3, -0.25) is 0 Å². The number of rotatable bonds is 6. The molecule has 0 aromatic heterocycles. The quantitative estimate of drug-likeness (QED) is 0.696. The minimum absolute atomic E-state index is 0.0915. The third kappa shape index (κ3) is 5.19. The fraction of sp³-hybridized carbons (Fsp3) is 0.867. The number of carbonyl (C=O) groups is 2. The lowest BCUT2D eigenvalue weighted by atomic mass is 9.80. The highest BCUT2D eigenvalue weighted by molar-refractivity contribution is 5.85. The van der Waals surface area contributed by atoms with E-state index in [1.54, 1.807) is 6.92 Å². The second kappa shape index (κ2) is 7.11. The van der Waals surface area contributed by atoms with Crippen LogP contribution in [0.2, 0.25) is 0 Å². The summed E-state index contributed by atoms with van der Waals surface area (Å²) in [7, 11) is 2.10. The van der Waals surface area contributed by atoms with Crippen LogP contribution in [0.3, 0.4) is 0 Å². The number of piperidine rings is 1. The second-order valence-corrected chi connectivity index (χ2v) is 6.81. The fourth-order valence-corrected chi connectivity index (χ4v) is 2.65. The number of urea groups is 1. The van der Waals surface area contributed by atoms with Crippen molar-refractivity contribution in [2.24, 2.45) is 5.41 Å². The number of amides is 2. The largest absolute Gasteiger partial charge is 0.480 e. The molecule has 0 aromatic carbocycles. The van der Waals surface area contributed by atoms with Gasteiger partial charge in [0.05, 0.1) is 0 Å². The Hall–Kier alpha value is -1.30. The molecular formula is C15H29N3O3. The molecule has 6 nitrogen and oxygen atoms in total. The van der Waals surface area contributed by atoms with Gasteiger partial charge < -0.3 is 20.6 Å². The molecule has 0 spiro atoms. The van der Waals surface area contributed by atoms with Gasteiger partial charge in [-0.1, -0.05) is 20.3 Å². The van der Waals surface area contributed by atoms with Crippen LogP contribution in [0.15, 0.2) is 0 Å². The zero-order valence-corrected chi connectivity index (χ0v) is 13.7. The van der Waals surface area contributed by atoms with Gasteiger partial charge in [0, 0.05) is 6.54 Å². The maximum atomic E-state index is 12.0. The van der Waals surface area contributed by atoms with Crippen LogP contribution >= 0.6 is 0 Å². The Balaban J connectivity index is 2.48. The molecule has 6 heteroatoms. The molecule has 0 bridgehead atoms. The molecule has 2 amide bonds. The molecule has 1 aliphatic heterocycles. The molecule has 1 heterocycles. The normalized spacial score (nSPS) is 21.3. The van der Waals surface area contributed by atoms with Crippen LogP contribution in [-0.2, 0) is 4.79 Å². The highest BCUT2D eigenvalue weighted by Crippen LogP contribution is 2.29. The van der Waals surface area contributed by atoms with Crippen LogP contribution in [0.5, 0.6) is 0 Å². The van der Waals surface area contributed by atoms with Gasteiger partial charge in [0.2, 0.25) is 0 Å². The zero-order chi connectivity index (χ0) is 16.1. The lowest BCUT2D eigenvalue weighted by molar-refractivity contribution is -0.144. The van der Waals surface area contributed by atoms with Gasteiger partial charge in [0.15, 0.2) is 0 Å². The molecule has 0 aromatic rings. The molecule has 1 unspecified atom stereocenters. The molecule has 1 aliphatic rings. The first-order valence-corrected chi connectivity index (χ1v) is 7.69. The first-order chi connectivity index (χ1) is 9.71. The average molecular weight is 299 g/mol. The number of hydrogen-bond donors (Lipinski definition) is 3. The van der Waals surface area contributed by atoms with Crippen LogP contribution in [0, 0.1) is 5.41 Å². The number of aliphatic carboxylic acids is 1. The summed E-state index contributed by atoms with van der Waals surface area (Å²) < 4.78 is 0. The Morgan fingerprint density at radius 1 is 1.33 bits per heavy atom. The molecule has 21 heavy (non-hydrogen) atoms. The maximum Gasteiger partial charge on any atom is 0.329 e. The molecule has 1 fully saturated rings. The van der Waals surface area contributed by atoms with Crippen LogP contribution in [-0.4, -0.2) is 54.2 Å². The number of carboxylic acid groups (broad SMARTS) is 1. The van der Waals surface area contributed by atoms with E-state index in [-0.39, 0.29) is 5.41 Å². The van der Waals surface area contributed by atoms with Crippen molar-refractivity contribution in [2.75, 3.05) is 26.7 Å². The predicted octanol–water partition coefficient (Wildman–Crippen LogP) is 1.66. The fourth-order valence-electron chi connectivity index (χ4n) is 2.65. The maximum absolute atomic E-state index is 12.0. The minimum atomic E-state index is -1.20. The molecule has 0 saturated carbocycles. The van der Waals surface area contributed by atoms with Crippen molar-refractivity contribution in [1.29, 1.82) is 0 Å². The highest BCUT2D eigenvalue weighted by atomic mass is 16.4. The van der Waals surface area contributed by atoms with Crippen molar-refractivity contribution in [3.63, 3.8) is 0 Å². The van der Waals surface area contributed by atoms with Crippen molar-refractivity contribution < 1.29 is 14.7 Å². The molecule has 3 N–H and O–H groups in total. The van der Waals surface area contributed by atoms with Gasteiger partial charge in [-0.05, 0) is 51.7 Å². The van der Waals surface area contributed by atoms with E-state index in [9.17, 15) is 14.7 Å². The van der Waals surface area contributed by atoms with Crippen LogP contribution in [0.4, 0.5) is 4.79 Å². The third-order valence-electron chi connectivity index (χ3n) is 4.48. The van der Waals surface area contributed by atoms with Crippen molar-refractivity contribution in [3.8, 4) is 0 Å². The summed E-state index contributed by atoms with van der Waals surface area (Å²) in [5.41, 5.74) is -1.11. The summed E-state index contributed by atoms with van der Waals surface area (Å²) in [4.78, 5) is 25.6. The molecule has 122 valence electrons. The second-order valence-electron chi connectivity index (χ2n) is 6.81. The van der Waals surface area contributed by atoms with Gasteiger partial charge >= 0.3 is 12.0 Å². The van der Waals surface area contributed by atoms with Crippen LogP contribution in [0.25, 0.3) is 0 Å². The Labute approximate surface area is 127 Å². The number of nitrogens with zero attached hydrogens (tertiary/aromatic N) is 1. The summed E-state index contributed by atoms with van der Waals surface area (Å²) in [6.45, 7) is 8.26. The molecular weight excluding hydrogens is 270 g/mol. The monoisotopic (exact) mass is 299 g/mol. The van der Waals surface area contributed by atoms with E-state index < -0.39 is 17.5 Å². The molecule has 0 aliphatic carbocycles. The van der Waals surface area contributed by atoms with Crippen LogP contribution in [0.1, 0.15) is 46.5 Å². The van der Waals surface area contributed by atoms with Gasteiger partial charge in [0.1, 0.15) is 5.54 Å². The Morgan fingerprint density at radius 2 is 1.90 bits per heavy atom. The van der Waals surface area contributed by atoms with Crippen molar-refractivity contribution in [2.45, 2.75) is 52.0 Å². The van der Waals surface area contributed by atoms with E-state index in [1.165, 1.54) is 0 Å². The summed E-state index contributed by atoms with van der Waals surface area (Å²) in [5, 5.41) is 14.7. The van der Waals surface area contributed by atoms with E-state index in [1.807, 2.05) is 6.92 Å². The van der Waals surface area contributed by atoms with Crippen molar-refractivity contribution in [1.82, 2.24) is 15.5 Å². The Morgan fingerprint density at radius 3 is 2.38 bits per heavy atom. The summed E-state index contributed by atoms with van der Waals surface area (Å²) >= 11 is 0. The SMILES string of the molecule is CCCC(C)(NC(=O)NCC1(C)CCN(C)CC1)C(=O)O. The van der Waals surface area contributed by atoms with E-state index in [2.05, 4.69) is 29.5 Å². The standard InChI is InChI=1S/C15H29N3O3/c1-5-6-15(3,12(19)20)17-13(21)16-11-14(2)7-9-18(4)10-8-14/h5-11H2,1-4H3,(H,19,20)(H2,16,17,21). The lowest BCUT2D eigenvalue weighted by Gasteiger charge is -2.38.